The average molecular weight is 390 g/mol. The van der Waals surface area contributed by atoms with Gasteiger partial charge in [-0.3, -0.25) is 9.10 Å². The number of hydrogen-bond acceptors (Lipinski definition) is 3. The number of sulfonamides is 1. The van der Waals surface area contributed by atoms with Gasteiger partial charge in [0.1, 0.15) is 5.82 Å². The molecule has 0 bridgehead atoms. The first-order chi connectivity index (χ1) is 12.0. The molecule has 0 spiro atoms. The second kappa shape index (κ2) is 7.32. The molecule has 0 atom stereocenters. The molecular formula is C16H14F4N2O3S. The Hall–Kier alpha value is -2.62. The van der Waals surface area contributed by atoms with Gasteiger partial charge in [0.25, 0.3) is 10.0 Å². The van der Waals surface area contributed by atoms with Gasteiger partial charge in [-0.25, -0.2) is 12.8 Å². The Balaban J connectivity index is 2.55. The highest BCUT2D eigenvalue weighted by atomic mass is 32.2. The van der Waals surface area contributed by atoms with Crippen LogP contribution in [0.4, 0.5) is 23.2 Å². The van der Waals surface area contributed by atoms with Crippen LogP contribution < -0.4 is 10.0 Å². The van der Waals surface area contributed by atoms with Crippen molar-refractivity contribution in [2.24, 2.45) is 5.73 Å². The summed E-state index contributed by atoms with van der Waals surface area (Å²) in [6.07, 6.45) is -5.40. The molecule has 0 aromatic heterocycles. The number of carbonyl (C=O) groups is 1. The van der Waals surface area contributed by atoms with Crippen molar-refractivity contribution in [2.75, 3.05) is 10.8 Å². The number of alkyl halides is 3. The van der Waals surface area contributed by atoms with E-state index in [-0.39, 0.29) is 24.7 Å². The van der Waals surface area contributed by atoms with E-state index in [9.17, 15) is 30.8 Å². The topological polar surface area (TPSA) is 80.5 Å². The van der Waals surface area contributed by atoms with E-state index < -0.39 is 38.4 Å². The fraction of sp³-hybridized carbons (Fsp3) is 0.188. The van der Waals surface area contributed by atoms with Crippen LogP contribution >= 0.6 is 0 Å². The largest absolute Gasteiger partial charge is 0.419 e. The SMILES string of the molecule is NC(=O)CCN(c1ccccc1)S(=O)(=O)c1ccc(F)c(C(F)(F)F)c1. The third-order valence-electron chi connectivity index (χ3n) is 3.44. The van der Waals surface area contributed by atoms with E-state index in [1.165, 1.54) is 24.3 Å². The normalized spacial score (nSPS) is 12.0. The van der Waals surface area contributed by atoms with Crippen LogP contribution in [0.2, 0.25) is 0 Å². The lowest BCUT2D eigenvalue weighted by Crippen LogP contribution is -2.34. The summed E-state index contributed by atoms with van der Waals surface area (Å²) in [6, 6.07) is 8.88. The third kappa shape index (κ3) is 4.31. The minimum absolute atomic E-state index is 0.131. The number of primary amides is 1. The molecule has 2 N–H and O–H groups in total. The van der Waals surface area contributed by atoms with Gasteiger partial charge in [0.15, 0.2) is 0 Å². The Morgan fingerprint density at radius 1 is 1.08 bits per heavy atom. The van der Waals surface area contributed by atoms with Gasteiger partial charge in [-0.2, -0.15) is 13.2 Å². The highest BCUT2D eigenvalue weighted by Gasteiger charge is 2.36. The van der Waals surface area contributed by atoms with Gasteiger partial charge in [0.2, 0.25) is 5.91 Å². The number of rotatable bonds is 6. The summed E-state index contributed by atoms with van der Waals surface area (Å²) in [5, 5.41) is 0. The second-order valence-electron chi connectivity index (χ2n) is 5.27. The van der Waals surface area contributed by atoms with E-state index in [0.29, 0.717) is 6.07 Å². The third-order valence-corrected chi connectivity index (χ3v) is 5.26. The number of anilines is 1. The Labute approximate surface area is 147 Å². The molecule has 0 fully saturated rings. The highest BCUT2D eigenvalue weighted by molar-refractivity contribution is 7.92. The molecule has 0 saturated heterocycles. The summed E-state index contributed by atoms with van der Waals surface area (Å²) < 4.78 is 78.5. The molecule has 2 aromatic rings. The van der Waals surface area contributed by atoms with Crippen molar-refractivity contribution >= 4 is 21.6 Å². The van der Waals surface area contributed by atoms with Crippen LogP contribution in [-0.4, -0.2) is 20.9 Å². The Kier molecular flexibility index (Phi) is 5.55. The monoisotopic (exact) mass is 390 g/mol. The fourth-order valence-electron chi connectivity index (χ4n) is 2.20. The van der Waals surface area contributed by atoms with E-state index in [1.807, 2.05) is 0 Å². The molecule has 140 valence electrons. The zero-order valence-corrected chi connectivity index (χ0v) is 14.0. The van der Waals surface area contributed by atoms with E-state index >= 15 is 0 Å². The lowest BCUT2D eigenvalue weighted by molar-refractivity contribution is -0.140. The summed E-state index contributed by atoms with van der Waals surface area (Å²) in [5.74, 6) is -2.36. The van der Waals surface area contributed by atoms with E-state index in [4.69, 9.17) is 5.73 Å². The molecule has 0 radical (unpaired) electrons. The molecule has 0 aliphatic carbocycles. The van der Waals surface area contributed by atoms with Crippen LogP contribution in [0.15, 0.2) is 53.4 Å². The molecule has 2 aromatic carbocycles. The molecule has 10 heteroatoms. The van der Waals surface area contributed by atoms with Gasteiger partial charge in [-0.1, -0.05) is 18.2 Å². The number of para-hydroxylation sites is 1. The zero-order valence-electron chi connectivity index (χ0n) is 13.2. The highest BCUT2D eigenvalue weighted by Crippen LogP contribution is 2.34. The van der Waals surface area contributed by atoms with Crippen molar-refractivity contribution in [3.05, 3.63) is 59.9 Å². The Bertz CT molecular complexity index is 899. The number of hydrogen-bond donors (Lipinski definition) is 1. The van der Waals surface area contributed by atoms with Crippen molar-refractivity contribution in [2.45, 2.75) is 17.5 Å². The van der Waals surface area contributed by atoms with Crippen molar-refractivity contribution in [1.29, 1.82) is 0 Å². The number of nitrogens with two attached hydrogens (primary N) is 1. The summed E-state index contributed by atoms with van der Waals surface area (Å²) >= 11 is 0. The van der Waals surface area contributed by atoms with Crippen molar-refractivity contribution < 1.29 is 30.8 Å². The average Bonchev–Trinajstić information content (AvgIpc) is 2.54. The van der Waals surface area contributed by atoms with Crippen LogP contribution in [0.25, 0.3) is 0 Å². The predicted molar refractivity (Wildman–Crippen MR) is 86.2 cm³/mol. The quantitative estimate of drug-likeness (QED) is 0.770. The van der Waals surface area contributed by atoms with Gasteiger partial charge < -0.3 is 5.73 Å². The minimum atomic E-state index is -5.06. The van der Waals surface area contributed by atoms with Gasteiger partial charge in [-0.05, 0) is 30.3 Å². The number of benzene rings is 2. The summed E-state index contributed by atoms with van der Waals surface area (Å²) in [7, 11) is -4.49. The van der Waals surface area contributed by atoms with Crippen LogP contribution in [0.1, 0.15) is 12.0 Å². The first kappa shape index (κ1) is 19.7. The fourth-order valence-corrected chi connectivity index (χ4v) is 3.70. The van der Waals surface area contributed by atoms with Gasteiger partial charge >= 0.3 is 6.18 Å². The maximum Gasteiger partial charge on any atom is 0.419 e. The van der Waals surface area contributed by atoms with Crippen LogP contribution in [-0.2, 0) is 21.0 Å². The molecule has 0 saturated carbocycles. The van der Waals surface area contributed by atoms with Crippen LogP contribution in [0.5, 0.6) is 0 Å². The molecule has 1 amide bonds. The molecule has 5 nitrogen and oxygen atoms in total. The molecule has 2 rings (SSSR count). The lowest BCUT2D eigenvalue weighted by atomic mass is 10.2. The first-order valence-electron chi connectivity index (χ1n) is 7.26. The summed E-state index contributed by atoms with van der Waals surface area (Å²) in [4.78, 5) is 10.3. The molecule has 0 aliphatic heterocycles. The number of nitrogens with zero attached hydrogens (tertiary/aromatic N) is 1. The Morgan fingerprint density at radius 3 is 2.23 bits per heavy atom. The molecule has 0 heterocycles. The van der Waals surface area contributed by atoms with Gasteiger partial charge in [-0.15, -0.1) is 0 Å². The van der Waals surface area contributed by atoms with Crippen molar-refractivity contribution in [1.82, 2.24) is 0 Å². The molecular weight excluding hydrogens is 376 g/mol. The van der Waals surface area contributed by atoms with Crippen LogP contribution in [0.3, 0.4) is 0 Å². The summed E-state index contributed by atoms with van der Waals surface area (Å²) in [5.41, 5.74) is 3.48. The zero-order chi connectivity index (χ0) is 19.5. The number of halogens is 4. The van der Waals surface area contributed by atoms with E-state index in [2.05, 4.69) is 0 Å². The number of amides is 1. The maximum atomic E-state index is 13.4. The molecule has 26 heavy (non-hydrogen) atoms. The van der Waals surface area contributed by atoms with E-state index in [1.54, 1.807) is 6.07 Å². The van der Waals surface area contributed by atoms with Gasteiger partial charge in [0, 0.05) is 13.0 Å². The first-order valence-corrected chi connectivity index (χ1v) is 8.70. The lowest BCUT2D eigenvalue weighted by Gasteiger charge is -2.24. The van der Waals surface area contributed by atoms with Gasteiger partial charge in [0.05, 0.1) is 16.1 Å². The second-order valence-corrected chi connectivity index (χ2v) is 7.13. The van der Waals surface area contributed by atoms with Crippen LogP contribution in [0, 0.1) is 5.82 Å². The Morgan fingerprint density at radius 2 is 1.69 bits per heavy atom. The minimum Gasteiger partial charge on any atom is -0.370 e. The van der Waals surface area contributed by atoms with Crippen molar-refractivity contribution in [3.8, 4) is 0 Å². The standard InChI is InChI=1S/C16H14F4N2O3S/c17-14-7-6-12(10-13(14)16(18,19)20)26(24,25)22(9-8-15(21)23)11-4-2-1-3-5-11/h1-7,10H,8-9H2,(H2,21,23). The summed E-state index contributed by atoms with van der Waals surface area (Å²) in [6.45, 7) is -0.375. The maximum absolute atomic E-state index is 13.4. The van der Waals surface area contributed by atoms with E-state index in [0.717, 1.165) is 10.4 Å². The molecule has 0 unspecified atom stereocenters. The van der Waals surface area contributed by atoms with Crippen molar-refractivity contribution in [3.63, 3.8) is 0 Å². The number of carbonyl (C=O) groups excluding carboxylic acids is 1. The smallest absolute Gasteiger partial charge is 0.370 e. The molecule has 0 aliphatic rings. The predicted octanol–water partition coefficient (Wildman–Crippen LogP) is 2.92.